The van der Waals surface area contributed by atoms with E-state index in [1.165, 1.54) is 0 Å². The lowest BCUT2D eigenvalue weighted by Crippen LogP contribution is -2.32. The molecule has 1 fully saturated rings. The van der Waals surface area contributed by atoms with E-state index in [2.05, 4.69) is 0 Å². The second kappa shape index (κ2) is 3.87. The van der Waals surface area contributed by atoms with Crippen LogP contribution in [-0.4, -0.2) is 48.3 Å². The Morgan fingerprint density at radius 3 is 2.83 bits per heavy atom. The zero-order chi connectivity index (χ0) is 9.14. The topological polar surface area (TPSA) is 49.8 Å². The van der Waals surface area contributed by atoms with Crippen LogP contribution in [-0.2, 0) is 9.53 Å². The summed E-state index contributed by atoms with van der Waals surface area (Å²) in [6.45, 7) is 3.31. The van der Waals surface area contributed by atoms with Crippen molar-refractivity contribution in [3.8, 4) is 0 Å². The summed E-state index contributed by atoms with van der Waals surface area (Å²) in [7, 11) is 1.82. The highest BCUT2D eigenvalue weighted by molar-refractivity contribution is 5.73. The van der Waals surface area contributed by atoms with Gasteiger partial charge in [0.25, 0.3) is 0 Å². The first-order valence-electron chi connectivity index (χ1n) is 4.19. The minimum absolute atomic E-state index is 0.0982. The van der Waals surface area contributed by atoms with Crippen LogP contribution in [0.15, 0.2) is 0 Å². The van der Waals surface area contributed by atoms with Gasteiger partial charge in [-0.2, -0.15) is 0 Å². The third-order valence-electron chi connectivity index (χ3n) is 2.20. The lowest BCUT2D eigenvalue weighted by Gasteiger charge is -2.12. The number of ether oxygens (including phenoxy) is 1. The monoisotopic (exact) mass is 173 g/mol. The quantitative estimate of drug-likeness (QED) is 0.661. The summed E-state index contributed by atoms with van der Waals surface area (Å²) in [4.78, 5) is 12.5. The number of carboxylic acids is 1. The predicted octanol–water partition coefficient (Wildman–Crippen LogP) is 0.180. The summed E-state index contributed by atoms with van der Waals surface area (Å²) >= 11 is 0. The molecule has 0 aromatic carbocycles. The van der Waals surface area contributed by atoms with Crippen molar-refractivity contribution in [1.82, 2.24) is 4.90 Å². The molecule has 1 N–H and O–H groups in total. The van der Waals surface area contributed by atoms with Crippen LogP contribution in [0.4, 0.5) is 0 Å². The second-order valence-electron chi connectivity index (χ2n) is 3.11. The third kappa shape index (κ3) is 1.95. The van der Waals surface area contributed by atoms with E-state index in [4.69, 9.17) is 9.84 Å². The van der Waals surface area contributed by atoms with E-state index in [-0.39, 0.29) is 12.1 Å². The van der Waals surface area contributed by atoms with Crippen molar-refractivity contribution in [3.63, 3.8) is 0 Å². The molecule has 0 aliphatic carbocycles. The van der Waals surface area contributed by atoms with E-state index >= 15 is 0 Å². The molecule has 0 aromatic heterocycles. The van der Waals surface area contributed by atoms with Crippen LogP contribution in [0.5, 0.6) is 0 Å². The largest absolute Gasteiger partial charge is 0.480 e. The molecule has 0 bridgehead atoms. The minimum atomic E-state index is -0.750. The Labute approximate surface area is 72.1 Å². The van der Waals surface area contributed by atoms with Crippen molar-refractivity contribution in [2.24, 2.45) is 0 Å². The van der Waals surface area contributed by atoms with Crippen LogP contribution in [0.1, 0.15) is 13.3 Å². The number of carbonyl (C=O) groups is 1. The molecule has 12 heavy (non-hydrogen) atoms. The third-order valence-corrected chi connectivity index (χ3v) is 2.20. The van der Waals surface area contributed by atoms with Gasteiger partial charge in [-0.25, -0.2) is 0 Å². The van der Waals surface area contributed by atoms with Crippen molar-refractivity contribution in [3.05, 3.63) is 0 Å². The van der Waals surface area contributed by atoms with Gasteiger partial charge in [0.05, 0.1) is 6.10 Å². The standard InChI is InChI=1S/C8H15NO3/c1-3-12-6-4-7(8(10)11)9(2)5-6/h6-7H,3-5H2,1-2H3,(H,10,11)/t6-,7-/m0/s1. The minimum Gasteiger partial charge on any atom is -0.480 e. The molecular weight excluding hydrogens is 158 g/mol. The van der Waals surface area contributed by atoms with Crippen LogP contribution in [0.25, 0.3) is 0 Å². The van der Waals surface area contributed by atoms with Crippen molar-refractivity contribution < 1.29 is 14.6 Å². The molecule has 70 valence electrons. The van der Waals surface area contributed by atoms with Gasteiger partial charge in [0.15, 0.2) is 0 Å². The van der Waals surface area contributed by atoms with Crippen LogP contribution in [0.2, 0.25) is 0 Å². The lowest BCUT2D eigenvalue weighted by atomic mass is 10.2. The van der Waals surface area contributed by atoms with Gasteiger partial charge in [-0.3, -0.25) is 9.69 Å². The Morgan fingerprint density at radius 2 is 2.42 bits per heavy atom. The fourth-order valence-corrected chi connectivity index (χ4v) is 1.60. The summed E-state index contributed by atoms with van der Waals surface area (Å²) in [6.07, 6.45) is 0.709. The molecule has 4 heteroatoms. The van der Waals surface area contributed by atoms with Gasteiger partial charge in [0.2, 0.25) is 0 Å². The van der Waals surface area contributed by atoms with E-state index in [1.807, 2.05) is 18.9 Å². The predicted molar refractivity (Wildman–Crippen MR) is 44.1 cm³/mol. The SMILES string of the molecule is CCO[C@H]1C[C@@H](C(=O)O)N(C)C1. The molecular formula is C8H15NO3. The van der Waals surface area contributed by atoms with Crippen LogP contribution >= 0.6 is 0 Å². The Balaban J connectivity index is 2.44. The highest BCUT2D eigenvalue weighted by Crippen LogP contribution is 2.18. The normalized spacial score (nSPS) is 30.8. The first-order chi connectivity index (χ1) is 5.65. The Morgan fingerprint density at radius 1 is 1.75 bits per heavy atom. The number of nitrogens with zero attached hydrogens (tertiary/aromatic N) is 1. The first kappa shape index (κ1) is 9.48. The fourth-order valence-electron chi connectivity index (χ4n) is 1.60. The highest BCUT2D eigenvalue weighted by atomic mass is 16.5. The second-order valence-corrected chi connectivity index (χ2v) is 3.11. The van der Waals surface area contributed by atoms with Crippen molar-refractivity contribution in [2.75, 3.05) is 20.2 Å². The van der Waals surface area contributed by atoms with Crippen molar-refractivity contribution in [1.29, 1.82) is 0 Å². The number of hydrogen-bond acceptors (Lipinski definition) is 3. The average molecular weight is 173 g/mol. The summed E-state index contributed by atoms with van der Waals surface area (Å²) in [6, 6.07) is -0.360. The maximum atomic E-state index is 10.7. The number of hydrogen-bond donors (Lipinski definition) is 1. The maximum Gasteiger partial charge on any atom is 0.321 e. The average Bonchev–Trinajstić information content (AvgIpc) is 2.32. The van der Waals surface area contributed by atoms with Crippen LogP contribution in [0.3, 0.4) is 0 Å². The molecule has 0 spiro atoms. The van der Waals surface area contributed by atoms with Gasteiger partial charge in [-0.15, -0.1) is 0 Å². The molecule has 0 amide bonds. The van der Waals surface area contributed by atoms with Gasteiger partial charge >= 0.3 is 5.97 Å². The molecule has 4 nitrogen and oxygen atoms in total. The van der Waals surface area contributed by atoms with Crippen LogP contribution < -0.4 is 0 Å². The lowest BCUT2D eigenvalue weighted by molar-refractivity contribution is -0.141. The van der Waals surface area contributed by atoms with Crippen LogP contribution in [0, 0.1) is 0 Å². The van der Waals surface area contributed by atoms with Crippen molar-refractivity contribution in [2.45, 2.75) is 25.5 Å². The highest BCUT2D eigenvalue weighted by Gasteiger charge is 2.34. The molecule has 1 saturated heterocycles. The number of likely N-dealkylation sites (N-methyl/N-ethyl adjacent to an activating group) is 1. The summed E-state index contributed by atoms with van der Waals surface area (Å²) < 4.78 is 5.35. The summed E-state index contributed by atoms with van der Waals surface area (Å²) in [5.74, 6) is -0.750. The van der Waals surface area contributed by atoms with Gasteiger partial charge in [0.1, 0.15) is 6.04 Å². The number of rotatable bonds is 3. The van der Waals surface area contributed by atoms with E-state index in [1.54, 1.807) is 0 Å². The molecule has 1 rings (SSSR count). The van der Waals surface area contributed by atoms with Gasteiger partial charge in [-0.1, -0.05) is 0 Å². The molecule has 1 aliphatic heterocycles. The van der Waals surface area contributed by atoms with Gasteiger partial charge in [0, 0.05) is 19.6 Å². The zero-order valence-electron chi connectivity index (χ0n) is 7.49. The first-order valence-corrected chi connectivity index (χ1v) is 4.19. The fraction of sp³-hybridized carbons (Fsp3) is 0.875. The molecule has 0 aromatic rings. The Hall–Kier alpha value is -0.610. The van der Waals surface area contributed by atoms with E-state index in [9.17, 15) is 4.79 Å². The van der Waals surface area contributed by atoms with E-state index < -0.39 is 5.97 Å². The molecule has 0 saturated carbocycles. The Bertz CT molecular complexity index is 172. The molecule has 0 radical (unpaired) electrons. The smallest absolute Gasteiger partial charge is 0.321 e. The number of carboxylic acid groups (broad SMARTS) is 1. The molecule has 2 atom stereocenters. The summed E-state index contributed by atoms with van der Waals surface area (Å²) in [5.41, 5.74) is 0. The molecule has 0 unspecified atom stereocenters. The van der Waals surface area contributed by atoms with Crippen molar-refractivity contribution >= 4 is 5.97 Å². The van der Waals surface area contributed by atoms with Gasteiger partial charge < -0.3 is 9.84 Å². The zero-order valence-corrected chi connectivity index (χ0v) is 7.49. The molecule has 1 heterocycles. The summed E-state index contributed by atoms with van der Waals surface area (Å²) in [5, 5.41) is 8.77. The number of aliphatic carboxylic acids is 1. The number of likely N-dealkylation sites (tertiary alicyclic amines) is 1. The van der Waals surface area contributed by atoms with E-state index in [0.29, 0.717) is 13.0 Å². The van der Waals surface area contributed by atoms with Gasteiger partial charge in [-0.05, 0) is 14.0 Å². The maximum absolute atomic E-state index is 10.7. The molecule has 1 aliphatic rings. The van der Waals surface area contributed by atoms with E-state index in [0.717, 1.165) is 6.54 Å². The Kier molecular flexibility index (Phi) is 3.05.